The Labute approximate surface area is 184 Å². The fourth-order valence-electron chi connectivity index (χ4n) is 5.45. The van der Waals surface area contributed by atoms with Gasteiger partial charge in [-0.25, -0.2) is 4.39 Å². The number of carbonyl (C=O) groups is 1. The number of nitrogens with zero attached hydrogens (tertiary/aromatic N) is 1. The van der Waals surface area contributed by atoms with Crippen LogP contribution in [0.3, 0.4) is 0 Å². The Morgan fingerprint density at radius 2 is 2.23 bits per heavy atom. The van der Waals surface area contributed by atoms with Crippen molar-refractivity contribution in [3.8, 4) is 5.75 Å². The summed E-state index contributed by atoms with van der Waals surface area (Å²) in [5, 5.41) is 3.77. The van der Waals surface area contributed by atoms with Crippen molar-refractivity contribution >= 4 is 5.91 Å². The minimum Gasteiger partial charge on any atom is -0.473 e. The number of amides is 1. The molecule has 0 bridgehead atoms. The van der Waals surface area contributed by atoms with Crippen molar-refractivity contribution in [1.29, 1.82) is 0 Å². The minimum absolute atomic E-state index is 0.0511. The molecule has 2 aliphatic heterocycles. The lowest BCUT2D eigenvalue weighted by molar-refractivity contribution is -0.149. The molecule has 4 rings (SSSR count). The molecule has 4 atom stereocenters. The van der Waals surface area contributed by atoms with Crippen LogP contribution in [-0.2, 0) is 27.5 Å². The van der Waals surface area contributed by atoms with Crippen LogP contribution in [0.5, 0.6) is 5.75 Å². The zero-order valence-electron chi connectivity index (χ0n) is 18.9. The molecule has 0 aromatic heterocycles. The molecule has 1 aromatic rings. The van der Waals surface area contributed by atoms with Gasteiger partial charge in [0.05, 0.1) is 24.7 Å². The number of carbonyl (C=O) groups excluding carboxylic acids is 1. The summed E-state index contributed by atoms with van der Waals surface area (Å²) in [7, 11) is 1.73. The monoisotopic (exact) mass is 434 g/mol. The molecule has 7 heteroatoms. The summed E-state index contributed by atoms with van der Waals surface area (Å²) >= 11 is 0. The normalized spacial score (nSPS) is 30.9. The van der Waals surface area contributed by atoms with Gasteiger partial charge in [-0.15, -0.1) is 0 Å². The van der Waals surface area contributed by atoms with E-state index in [2.05, 4.69) is 19.2 Å². The van der Waals surface area contributed by atoms with E-state index in [4.69, 9.17) is 14.2 Å². The van der Waals surface area contributed by atoms with Crippen molar-refractivity contribution in [2.45, 2.75) is 70.9 Å². The van der Waals surface area contributed by atoms with Crippen molar-refractivity contribution < 1.29 is 23.4 Å². The molecule has 0 radical (unpaired) electrons. The average Bonchev–Trinajstić information content (AvgIpc) is 3.23. The van der Waals surface area contributed by atoms with Crippen molar-refractivity contribution in [3.63, 3.8) is 0 Å². The number of rotatable bonds is 6. The molecule has 1 saturated heterocycles. The van der Waals surface area contributed by atoms with E-state index >= 15 is 0 Å². The van der Waals surface area contributed by atoms with Gasteiger partial charge < -0.3 is 24.4 Å². The molecule has 3 aliphatic rings. The maximum atomic E-state index is 13.8. The second-order valence-electron chi connectivity index (χ2n) is 9.51. The van der Waals surface area contributed by atoms with Crippen molar-refractivity contribution in [1.82, 2.24) is 10.2 Å². The van der Waals surface area contributed by atoms with E-state index in [1.165, 1.54) is 0 Å². The quantitative estimate of drug-likeness (QED) is 0.744. The van der Waals surface area contributed by atoms with E-state index in [0.717, 1.165) is 43.6 Å². The van der Waals surface area contributed by atoms with E-state index in [1.54, 1.807) is 24.1 Å². The lowest BCUT2D eigenvalue weighted by atomic mass is 9.74. The SMILES string of the molecule is CO[C@@H]1COCC[C@@H]1N[C@@H]1CC[C@@](C(=O)N2COc3ccc(CF)cc3C2)(C(C)C)C1. The first-order chi connectivity index (χ1) is 15.0. The number of halogens is 1. The molecule has 1 N–H and O–H groups in total. The summed E-state index contributed by atoms with van der Waals surface area (Å²) in [6.07, 6.45) is 3.61. The van der Waals surface area contributed by atoms with E-state index < -0.39 is 12.1 Å². The molecule has 1 aliphatic carbocycles. The number of methoxy groups -OCH3 is 1. The highest BCUT2D eigenvalue weighted by Gasteiger charge is 2.50. The molecular formula is C24H35FN2O4. The fourth-order valence-corrected chi connectivity index (χ4v) is 5.45. The number of alkyl halides is 1. The Morgan fingerprint density at radius 3 is 2.97 bits per heavy atom. The Hall–Kier alpha value is -1.70. The maximum absolute atomic E-state index is 13.8. The van der Waals surface area contributed by atoms with Gasteiger partial charge in [-0.05, 0) is 49.3 Å². The zero-order chi connectivity index (χ0) is 22.0. The lowest BCUT2D eigenvalue weighted by Crippen LogP contribution is -2.52. The molecule has 2 heterocycles. The van der Waals surface area contributed by atoms with Gasteiger partial charge in [-0.2, -0.15) is 0 Å². The summed E-state index contributed by atoms with van der Waals surface area (Å²) in [4.78, 5) is 15.6. The van der Waals surface area contributed by atoms with Crippen molar-refractivity contribution in [2.24, 2.45) is 11.3 Å². The van der Waals surface area contributed by atoms with Crippen LogP contribution >= 0.6 is 0 Å². The highest BCUT2D eigenvalue weighted by molar-refractivity contribution is 5.83. The minimum atomic E-state index is -0.515. The molecule has 1 amide bonds. The third kappa shape index (κ3) is 4.45. The van der Waals surface area contributed by atoms with Gasteiger partial charge in [0.15, 0.2) is 6.73 Å². The predicted molar refractivity (Wildman–Crippen MR) is 115 cm³/mol. The molecule has 2 fully saturated rings. The molecule has 31 heavy (non-hydrogen) atoms. The first-order valence-corrected chi connectivity index (χ1v) is 11.4. The van der Waals surface area contributed by atoms with E-state index in [9.17, 15) is 9.18 Å². The Kier molecular flexibility index (Phi) is 6.84. The molecule has 1 saturated carbocycles. The zero-order valence-corrected chi connectivity index (χ0v) is 18.9. The van der Waals surface area contributed by atoms with Gasteiger partial charge in [0, 0.05) is 31.4 Å². The van der Waals surface area contributed by atoms with Gasteiger partial charge in [0.25, 0.3) is 0 Å². The van der Waals surface area contributed by atoms with Crippen LogP contribution in [0.4, 0.5) is 4.39 Å². The predicted octanol–water partition coefficient (Wildman–Crippen LogP) is 3.42. The molecule has 172 valence electrons. The fraction of sp³-hybridized carbons (Fsp3) is 0.708. The second-order valence-corrected chi connectivity index (χ2v) is 9.51. The number of fused-ring (bicyclic) bond motifs is 1. The largest absolute Gasteiger partial charge is 0.473 e. The van der Waals surface area contributed by atoms with Crippen LogP contribution in [0, 0.1) is 11.3 Å². The number of hydrogen-bond donors (Lipinski definition) is 1. The van der Waals surface area contributed by atoms with Gasteiger partial charge in [0.2, 0.25) is 5.91 Å². The van der Waals surface area contributed by atoms with Crippen molar-refractivity contribution in [3.05, 3.63) is 29.3 Å². The molecule has 0 unspecified atom stereocenters. The summed E-state index contributed by atoms with van der Waals surface area (Å²) in [6.45, 7) is 5.85. The van der Waals surface area contributed by atoms with Crippen LogP contribution in [-0.4, -0.2) is 56.0 Å². The van der Waals surface area contributed by atoms with Gasteiger partial charge in [0.1, 0.15) is 12.4 Å². The summed E-state index contributed by atoms with van der Waals surface area (Å²) in [6, 6.07) is 5.89. The third-order valence-corrected chi connectivity index (χ3v) is 7.44. The van der Waals surface area contributed by atoms with Crippen LogP contribution in [0.25, 0.3) is 0 Å². The summed E-state index contributed by atoms with van der Waals surface area (Å²) < 4.78 is 30.1. The topological polar surface area (TPSA) is 60.0 Å². The number of benzene rings is 1. The van der Waals surface area contributed by atoms with Crippen LogP contribution in [0.1, 0.15) is 50.7 Å². The standard InChI is InChI=1S/C24H35FN2O4/c1-16(2)24(8-6-19(11-24)26-20-7-9-30-14-22(20)29-3)23(28)27-13-18-10-17(12-25)4-5-21(18)31-15-27/h4-5,10,16,19-20,22,26H,6-9,11-15H2,1-3H3/t19-,20+,22-,24+/m1/s1. The van der Waals surface area contributed by atoms with Crippen LogP contribution in [0.2, 0.25) is 0 Å². The number of ether oxygens (including phenoxy) is 3. The van der Waals surface area contributed by atoms with Gasteiger partial charge in [-0.1, -0.05) is 19.9 Å². The molecular weight excluding hydrogens is 399 g/mol. The lowest BCUT2D eigenvalue weighted by Gasteiger charge is -2.40. The Balaban J connectivity index is 1.46. The third-order valence-electron chi connectivity index (χ3n) is 7.44. The number of nitrogens with one attached hydrogen (secondary N) is 1. The molecule has 0 spiro atoms. The Morgan fingerprint density at radius 1 is 1.39 bits per heavy atom. The smallest absolute Gasteiger partial charge is 0.232 e. The van der Waals surface area contributed by atoms with Gasteiger partial charge in [-0.3, -0.25) is 4.79 Å². The molecule has 1 aromatic carbocycles. The van der Waals surface area contributed by atoms with E-state index in [-0.39, 0.29) is 36.7 Å². The van der Waals surface area contributed by atoms with Crippen molar-refractivity contribution in [2.75, 3.05) is 27.1 Å². The van der Waals surface area contributed by atoms with Crippen LogP contribution < -0.4 is 10.1 Å². The summed E-state index contributed by atoms with van der Waals surface area (Å²) in [5.74, 6) is 1.12. The maximum Gasteiger partial charge on any atom is 0.232 e. The summed E-state index contributed by atoms with van der Waals surface area (Å²) in [5.41, 5.74) is 1.08. The first kappa shape index (κ1) is 22.5. The first-order valence-electron chi connectivity index (χ1n) is 11.4. The number of hydrogen-bond acceptors (Lipinski definition) is 5. The average molecular weight is 435 g/mol. The highest BCUT2D eigenvalue weighted by Crippen LogP contribution is 2.47. The molecule has 6 nitrogen and oxygen atoms in total. The van der Waals surface area contributed by atoms with Crippen LogP contribution in [0.15, 0.2) is 18.2 Å². The van der Waals surface area contributed by atoms with E-state index in [0.29, 0.717) is 18.7 Å². The Bertz CT molecular complexity index is 789. The highest BCUT2D eigenvalue weighted by atomic mass is 19.1. The van der Waals surface area contributed by atoms with Gasteiger partial charge >= 0.3 is 0 Å². The van der Waals surface area contributed by atoms with E-state index in [1.807, 2.05) is 6.07 Å². The second kappa shape index (κ2) is 9.43.